The van der Waals surface area contributed by atoms with Crippen LogP contribution in [0, 0.1) is 0 Å². The fraction of sp³-hybridized carbons (Fsp3) is 0.308. The second-order valence-electron chi connectivity index (χ2n) is 3.87. The molecule has 0 amide bonds. The molecular weight excluding hydrogens is 344 g/mol. The Morgan fingerprint density at radius 1 is 1.24 bits per heavy atom. The van der Waals surface area contributed by atoms with Gasteiger partial charge in [-0.15, -0.1) is 0 Å². The molecule has 8 heteroatoms. The molecule has 2 rings (SSSR count). The Kier molecular flexibility index (Phi) is 4.79. The van der Waals surface area contributed by atoms with Crippen LogP contribution >= 0.6 is 15.9 Å². The highest BCUT2D eigenvalue weighted by Gasteiger charge is 2.21. The maximum absolute atomic E-state index is 12.0. The molecule has 0 aliphatic rings. The predicted octanol–water partition coefficient (Wildman–Crippen LogP) is 3.34. The summed E-state index contributed by atoms with van der Waals surface area (Å²) in [5.74, 6) is -0.00694. The van der Waals surface area contributed by atoms with Crippen LogP contribution in [-0.2, 0) is 9.47 Å². The fourth-order valence-electron chi connectivity index (χ4n) is 1.71. The molecule has 112 valence electrons. The number of hydrogen-bond acceptors (Lipinski definition) is 6. The van der Waals surface area contributed by atoms with Gasteiger partial charge in [-0.05, 0) is 35.8 Å². The van der Waals surface area contributed by atoms with Crippen molar-refractivity contribution in [2.75, 3.05) is 13.2 Å². The maximum atomic E-state index is 12.0. The van der Waals surface area contributed by atoms with Gasteiger partial charge in [0.05, 0.1) is 13.2 Å². The predicted molar refractivity (Wildman–Crippen MR) is 77.5 cm³/mol. The summed E-state index contributed by atoms with van der Waals surface area (Å²) in [6.07, 6.45) is -0.0433. The monoisotopic (exact) mass is 356 g/mol. The molecule has 0 bridgehead atoms. The zero-order valence-corrected chi connectivity index (χ0v) is 13.0. The van der Waals surface area contributed by atoms with Crippen molar-refractivity contribution in [1.29, 1.82) is 0 Å². The third kappa shape index (κ3) is 3.33. The molecule has 0 atom stereocenters. The molecule has 0 saturated carbocycles. The van der Waals surface area contributed by atoms with E-state index in [9.17, 15) is 9.59 Å². The number of aromatic nitrogens is 2. The number of hydrogen-bond donors (Lipinski definition) is 0. The number of rotatable bonds is 3. The molecule has 0 unspecified atom stereocenters. The minimum Gasteiger partial charge on any atom is -0.449 e. The largest absolute Gasteiger partial charge is 0.515 e. The Labute approximate surface area is 128 Å². The Hall–Kier alpha value is -2.09. The van der Waals surface area contributed by atoms with Gasteiger partial charge in [0.2, 0.25) is 5.88 Å². The Morgan fingerprint density at radius 3 is 2.62 bits per heavy atom. The van der Waals surface area contributed by atoms with Crippen molar-refractivity contribution in [3.05, 3.63) is 22.8 Å². The molecule has 2 heterocycles. The average molecular weight is 357 g/mol. The van der Waals surface area contributed by atoms with Crippen LogP contribution in [0.2, 0.25) is 0 Å². The molecule has 0 aliphatic carbocycles. The van der Waals surface area contributed by atoms with E-state index in [4.69, 9.17) is 14.2 Å². The highest BCUT2D eigenvalue weighted by molar-refractivity contribution is 9.10. The van der Waals surface area contributed by atoms with Crippen LogP contribution < -0.4 is 4.74 Å². The molecule has 21 heavy (non-hydrogen) atoms. The number of ether oxygens (including phenoxy) is 3. The minimum absolute atomic E-state index is 0.00694. The van der Waals surface area contributed by atoms with Crippen LogP contribution in [0.1, 0.15) is 13.8 Å². The molecular formula is C13H13BrN2O5. The quantitative estimate of drug-likeness (QED) is 0.784. The summed E-state index contributed by atoms with van der Waals surface area (Å²) in [6, 6.07) is 3.26. The third-order valence-corrected chi connectivity index (χ3v) is 2.91. The number of halogens is 1. The summed E-state index contributed by atoms with van der Waals surface area (Å²) in [5, 5.41) is 0.622. The first kappa shape index (κ1) is 15.3. The average Bonchev–Trinajstić information content (AvgIpc) is 2.75. The zero-order chi connectivity index (χ0) is 15.4. The molecule has 0 radical (unpaired) electrons. The summed E-state index contributed by atoms with van der Waals surface area (Å²) in [6.45, 7) is 3.69. The summed E-state index contributed by atoms with van der Waals surface area (Å²) in [5.41, 5.74) is 0.330. The standard InChI is InChI=1S/C13H13BrN2O5/c1-3-19-12(17)16-10(21-13(18)20-4-2)6-8-5-9(14)7-15-11(8)16/h5-7H,3-4H2,1-2H3. The zero-order valence-electron chi connectivity index (χ0n) is 11.5. The highest BCUT2D eigenvalue weighted by Crippen LogP contribution is 2.27. The van der Waals surface area contributed by atoms with E-state index in [-0.39, 0.29) is 19.1 Å². The first-order valence-electron chi connectivity index (χ1n) is 6.25. The first-order valence-corrected chi connectivity index (χ1v) is 7.04. The number of carbonyl (C=O) groups excluding carboxylic acids is 2. The number of fused-ring (bicyclic) bond motifs is 1. The fourth-order valence-corrected chi connectivity index (χ4v) is 2.06. The Balaban J connectivity index is 2.48. The van der Waals surface area contributed by atoms with E-state index >= 15 is 0 Å². The van der Waals surface area contributed by atoms with Gasteiger partial charge in [-0.2, -0.15) is 4.57 Å². The van der Waals surface area contributed by atoms with Gasteiger partial charge in [-0.3, -0.25) is 0 Å². The van der Waals surface area contributed by atoms with E-state index in [0.717, 1.165) is 9.04 Å². The Bertz CT molecular complexity index is 682. The van der Waals surface area contributed by atoms with Crippen molar-refractivity contribution in [3.8, 4) is 5.88 Å². The smallest absolute Gasteiger partial charge is 0.449 e. The molecule has 0 saturated heterocycles. The van der Waals surface area contributed by atoms with E-state index in [1.807, 2.05) is 0 Å². The van der Waals surface area contributed by atoms with Crippen molar-refractivity contribution in [2.45, 2.75) is 13.8 Å². The van der Waals surface area contributed by atoms with Crippen molar-refractivity contribution < 1.29 is 23.8 Å². The van der Waals surface area contributed by atoms with E-state index in [1.165, 1.54) is 12.3 Å². The SMILES string of the molecule is CCOC(=O)Oc1cc2cc(Br)cnc2n1C(=O)OCC. The molecule has 0 spiro atoms. The summed E-state index contributed by atoms with van der Waals surface area (Å²) in [4.78, 5) is 27.6. The maximum Gasteiger partial charge on any atom is 0.515 e. The Morgan fingerprint density at radius 2 is 1.95 bits per heavy atom. The summed E-state index contributed by atoms with van der Waals surface area (Å²) >= 11 is 3.29. The van der Waals surface area contributed by atoms with Crippen molar-refractivity contribution in [2.24, 2.45) is 0 Å². The number of carbonyl (C=O) groups is 2. The van der Waals surface area contributed by atoms with E-state index < -0.39 is 12.2 Å². The summed E-state index contributed by atoms with van der Waals surface area (Å²) in [7, 11) is 0. The number of nitrogens with zero attached hydrogens (tertiary/aromatic N) is 2. The van der Waals surface area contributed by atoms with Crippen LogP contribution in [0.5, 0.6) is 5.88 Å². The minimum atomic E-state index is -0.898. The van der Waals surface area contributed by atoms with Crippen molar-refractivity contribution >= 4 is 39.2 Å². The van der Waals surface area contributed by atoms with Gasteiger partial charge in [-0.1, -0.05) is 0 Å². The van der Waals surface area contributed by atoms with E-state index in [2.05, 4.69) is 20.9 Å². The normalized spacial score (nSPS) is 10.4. The number of pyridine rings is 1. The van der Waals surface area contributed by atoms with Gasteiger partial charge in [0, 0.05) is 22.1 Å². The van der Waals surface area contributed by atoms with Crippen LogP contribution in [0.3, 0.4) is 0 Å². The van der Waals surface area contributed by atoms with E-state index in [1.54, 1.807) is 19.9 Å². The molecule has 0 fully saturated rings. The van der Waals surface area contributed by atoms with Gasteiger partial charge in [-0.25, -0.2) is 14.6 Å². The van der Waals surface area contributed by atoms with Crippen molar-refractivity contribution in [1.82, 2.24) is 9.55 Å². The molecule has 2 aromatic heterocycles. The van der Waals surface area contributed by atoms with Gasteiger partial charge < -0.3 is 14.2 Å². The van der Waals surface area contributed by atoms with Crippen LogP contribution in [0.15, 0.2) is 22.8 Å². The lowest BCUT2D eigenvalue weighted by molar-refractivity contribution is 0.100. The molecule has 0 N–H and O–H groups in total. The molecule has 0 aliphatic heterocycles. The highest BCUT2D eigenvalue weighted by atomic mass is 79.9. The second kappa shape index (κ2) is 6.57. The van der Waals surface area contributed by atoms with Gasteiger partial charge in [0.25, 0.3) is 0 Å². The second-order valence-corrected chi connectivity index (χ2v) is 4.78. The van der Waals surface area contributed by atoms with Crippen LogP contribution in [0.4, 0.5) is 9.59 Å². The molecule has 7 nitrogen and oxygen atoms in total. The lowest BCUT2D eigenvalue weighted by Gasteiger charge is -2.08. The lowest BCUT2D eigenvalue weighted by Crippen LogP contribution is -2.18. The first-order chi connectivity index (χ1) is 10.1. The molecule has 0 aromatic carbocycles. The molecule has 2 aromatic rings. The van der Waals surface area contributed by atoms with E-state index in [0.29, 0.717) is 11.0 Å². The lowest BCUT2D eigenvalue weighted by atomic mass is 10.3. The van der Waals surface area contributed by atoms with Crippen molar-refractivity contribution in [3.63, 3.8) is 0 Å². The third-order valence-electron chi connectivity index (χ3n) is 2.47. The van der Waals surface area contributed by atoms with Gasteiger partial charge in [0.1, 0.15) is 0 Å². The van der Waals surface area contributed by atoms with Crippen LogP contribution in [0.25, 0.3) is 11.0 Å². The van der Waals surface area contributed by atoms with Crippen LogP contribution in [-0.4, -0.2) is 35.0 Å². The van der Waals surface area contributed by atoms with Gasteiger partial charge >= 0.3 is 12.2 Å². The topological polar surface area (TPSA) is 79.7 Å². The summed E-state index contributed by atoms with van der Waals surface area (Å²) < 4.78 is 16.5. The van der Waals surface area contributed by atoms with Gasteiger partial charge in [0.15, 0.2) is 5.65 Å².